The molecule has 0 aliphatic rings. The van der Waals surface area contributed by atoms with Crippen molar-refractivity contribution in [2.24, 2.45) is 0 Å². The zero-order valence-corrected chi connectivity index (χ0v) is 41.5. The normalized spacial score (nSPS) is 12.2. The van der Waals surface area contributed by atoms with Crippen LogP contribution in [0.4, 0.5) is 8.78 Å². The molecule has 0 saturated heterocycles. The molecular weight excluding hydrogens is 1040 g/mol. The number of nitrogens with zero attached hydrogens (tertiary/aromatic N) is 4. The molecule has 0 saturated carbocycles. The van der Waals surface area contributed by atoms with Crippen LogP contribution in [-0.4, -0.2) is 27.6 Å². The molecular formula is C58H44F2IrN4O2Si-2. The predicted octanol–water partition coefficient (Wildman–Crippen LogP) is 15.3. The minimum Gasteiger partial charge on any atom is -0.486 e. The minimum atomic E-state index is -1.64. The Morgan fingerprint density at radius 2 is 1.51 bits per heavy atom. The molecule has 1 radical (unpaired) electrons. The van der Waals surface area contributed by atoms with E-state index in [1.54, 1.807) is 12.1 Å². The van der Waals surface area contributed by atoms with Gasteiger partial charge in [0, 0.05) is 55.0 Å². The van der Waals surface area contributed by atoms with Crippen molar-refractivity contribution in [3.05, 3.63) is 187 Å². The van der Waals surface area contributed by atoms with Crippen molar-refractivity contribution in [2.45, 2.75) is 46.3 Å². The van der Waals surface area contributed by atoms with Crippen LogP contribution < -0.4 is 5.19 Å². The first-order valence-electron chi connectivity index (χ1n) is 22.7. The third kappa shape index (κ3) is 7.82. The van der Waals surface area contributed by atoms with Gasteiger partial charge in [0.2, 0.25) is 5.71 Å². The van der Waals surface area contributed by atoms with Gasteiger partial charge >= 0.3 is 0 Å². The molecule has 0 spiro atoms. The average molecular weight is 1090 g/mol. The molecule has 0 atom stereocenters. The number of pyridine rings is 2. The molecule has 0 fully saturated rings. The van der Waals surface area contributed by atoms with Gasteiger partial charge in [0.25, 0.3) is 0 Å². The van der Waals surface area contributed by atoms with E-state index in [1.807, 2.05) is 111 Å². The molecule has 0 N–H and O–H groups in total. The van der Waals surface area contributed by atoms with Gasteiger partial charge in [-0.05, 0) is 83.4 Å². The largest absolute Gasteiger partial charge is 0.486 e. The molecule has 5 heterocycles. The van der Waals surface area contributed by atoms with Crippen molar-refractivity contribution in [1.29, 1.82) is 0 Å². The fourth-order valence-corrected chi connectivity index (χ4v) is 10.7. The summed E-state index contributed by atoms with van der Waals surface area (Å²) in [6.07, 6.45) is 1.91. The Morgan fingerprint density at radius 3 is 2.32 bits per heavy atom. The maximum absolute atomic E-state index is 14.4. The van der Waals surface area contributed by atoms with E-state index in [0.29, 0.717) is 39.2 Å². The fraction of sp³-hybridized carbons (Fsp3) is 0.121. The van der Waals surface area contributed by atoms with Crippen LogP contribution in [0.5, 0.6) is 0 Å². The van der Waals surface area contributed by atoms with Gasteiger partial charge in [-0.3, -0.25) is 9.37 Å². The van der Waals surface area contributed by atoms with Crippen LogP contribution in [0.3, 0.4) is 0 Å². The van der Waals surface area contributed by atoms with Gasteiger partial charge in [0.05, 0.1) is 41.7 Å². The van der Waals surface area contributed by atoms with Crippen LogP contribution in [0.15, 0.2) is 161 Å². The van der Waals surface area contributed by atoms with E-state index in [2.05, 4.69) is 72.5 Å². The first-order chi connectivity index (χ1) is 32.7. The first-order valence-corrected chi connectivity index (χ1v) is 25.7. The summed E-state index contributed by atoms with van der Waals surface area (Å²) in [5.74, 6) is -0.652. The second-order valence-corrected chi connectivity index (χ2v) is 23.2. The number of furan rings is 2. The number of benzene rings is 7. The Labute approximate surface area is 408 Å². The number of rotatable bonds is 6. The van der Waals surface area contributed by atoms with E-state index in [1.165, 1.54) is 23.4 Å². The Hall–Kier alpha value is -7.10. The summed E-state index contributed by atoms with van der Waals surface area (Å²) in [5, 5.41) is 5.74. The SMILES string of the molecule is Cc1ccc(-n2c(-c3[c-]ccc4c3oc3nc5ccc(F)cc5cc34)nc3ccccc32)c2oc3ccccc3c12.[2H]C(C)(C)c1cc(-c2[c-]cc(F)c(-c3ccccc3)c2)ncc1[Si](C)(C)C.[Ir]. The number of para-hydroxylation sites is 3. The van der Waals surface area contributed by atoms with E-state index in [9.17, 15) is 8.78 Å². The molecule has 68 heavy (non-hydrogen) atoms. The molecule has 12 aromatic rings. The monoisotopic (exact) mass is 1090 g/mol. The predicted molar refractivity (Wildman–Crippen MR) is 271 cm³/mol. The van der Waals surface area contributed by atoms with Gasteiger partial charge in [-0.1, -0.05) is 128 Å². The van der Waals surface area contributed by atoms with Gasteiger partial charge in [-0.15, -0.1) is 42.0 Å². The maximum atomic E-state index is 14.4. The number of imidazole rings is 1. The topological polar surface area (TPSA) is 69.9 Å². The number of fused-ring (bicyclic) bond motifs is 8. The second kappa shape index (κ2) is 17.5. The van der Waals surface area contributed by atoms with E-state index in [-0.39, 0.29) is 31.7 Å². The molecule has 6 nitrogen and oxygen atoms in total. The summed E-state index contributed by atoms with van der Waals surface area (Å²) in [6, 6.07) is 51.7. The summed E-state index contributed by atoms with van der Waals surface area (Å²) in [7, 11) is -1.64. The van der Waals surface area contributed by atoms with Crippen molar-refractivity contribution in [3.8, 4) is 39.5 Å². The summed E-state index contributed by atoms with van der Waals surface area (Å²) in [6.45, 7) is 12.7. The smallest absolute Gasteiger partial charge is 0.216 e. The molecule has 5 aromatic heterocycles. The number of hydrogen-bond acceptors (Lipinski definition) is 5. The quantitative estimate of drug-likeness (QED) is 0.123. The van der Waals surface area contributed by atoms with Gasteiger partial charge < -0.3 is 18.4 Å². The maximum Gasteiger partial charge on any atom is 0.216 e. The Kier molecular flexibility index (Phi) is 11.2. The fourth-order valence-electron chi connectivity index (χ4n) is 9.13. The van der Waals surface area contributed by atoms with Crippen LogP contribution >= 0.6 is 0 Å². The van der Waals surface area contributed by atoms with E-state index < -0.39 is 14.0 Å². The summed E-state index contributed by atoms with van der Waals surface area (Å²) in [4.78, 5) is 14.4. The summed E-state index contributed by atoms with van der Waals surface area (Å²) in [5.41, 5.74) is 11.7. The molecule has 7 aromatic carbocycles. The third-order valence-electron chi connectivity index (χ3n) is 12.4. The van der Waals surface area contributed by atoms with Crippen LogP contribution in [0.1, 0.15) is 32.2 Å². The first kappa shape index (κ1) is 43.5. The van der Waals surface area contributed by atoms with Crippen LogP contribution in [0.2, 0.25) is 19.6 Å². The summed E-state index contributed by atoms with van der Waals surface area (Å²) >= 11 is 0. The molecule has 337 valence electrons. The van der Waals surface area contributed by atoms with Gasteiger partial charge in [0.1, 0.15) is 11.4 Å². The second-order valence-electron chi connectivity index (χ2n) is 18.2. The Morgan fingerprint density at radius 1 is 0.735 bits per heavy atom. The molecule has 0 aliphatic carbocycles. The van der Waals surface area contributed by atoms with Crippen molar-refractivity contribution >= 4 is 79.2 Å². The zero-order valence-electron chi connectivity index (χ0n) is 39.1. The molecule has 0 aliphatic heterocycles. The average Bonchev–Trinajstić information content (AvgIpc) is 4.03. The number of aryl methyl sites for hydroxylation is 1. The molecule has 10 heteroatoms. The summed E-state index contributed by atoms with van der Waals surface area (Å²) < 4.78 is 52.0. The molecule has 0 bridgehead atoms. The number of hydrogen-bond donors (Lipinski definition) is 0. The van der Waals surface area contributed by atoms with Crippen molar-refractivity contribution in [3.63, 3.8) is 0 Å². The van der Waals surface area contributed by atoms with Crippen molar-refractivity contribution < 1.29 is 39.1 Å². The van der Waals surface area contributed by atoms with Crippen LogP contribution in [-0.2, 0) is 20.1 Å². The Bertz CT molecular complexity index is 3950. The van der Waals surface area contributed by atoms with Crippen LogP contribution in [0, 0.1) is 30.7 Å². The van der Waals surface area contributed by atoms with E-state index in [0.717, 1.165) is 77.4 Å². The number of halogens is 2. The Balaban J connectivity index is 0.000000173. The van der Waals surface area contributed by atoms with Gasteiger partial charge in [-0.2, -0.15) is 0 Å². The molecule has 0 amide bonds. The zero-order chi connectivity index (χ0) is 47.1. The standard InChI is InChI=1S/C35H19FN3O2.C23H25FNSi.Ir/c1-19-13-16-29(33-31(19)23-7-2-5-12-30(23)40-33)39-28-11-4-3-10-27(28)37-34(39)24-9-6-8-22-25-18-20-17-21(36)14-15-26(20)38-35(25)41-32(22)24;1-16(2)19-14-22(25-15-23(19)26(3,4)5)18-11-12-21(24)20(13-18)17-9-7-6-8-10-17;/h2-8,10-18H,1H3;6-10,12-16H,1-5H3;/q2*-1;/i;16D;. The number of aromatic nitrogens is 4. The van der Waals surface area contributed by atoms with E-state index in [4.69, 9.17) is 20.2 Å². The van der Waals surface area contributed by atoms with Crippen molar-refractivity contribution in [2.75, 3.05) is 0 Å². The van der Waals surface area contributed by atoms with Gasteiger partial charge in [0.15, 0.2) is 5.58 Å². The van der Waals surface area contributed by atoms with E-state index >= 15 is 0 Å². The minimum absolute atomic E-state index is 0. The molecule has 0 unspecified atom stereocenters. The van der Waals surface area contributed by atoms with Gasteiger partial charge in [-0.25, -0.2) is 9.37 Å². The van der Waals surface area contributed by atoms with Crippen LogP contribution in [0.25, 0.3) is 105 Å². The van der Waals surface area contributed by atoms with Crippen molar-refractivity contribution in [1.82, 2.24) is 19.5 Å². The molecule has 12 rings (SSSR count). The third-order valence-corrected chi connectivity index (χ3v) is 14.4.